The van der Waals surface area contributed by atoms with Gasteiger partial charge < -0.3 is 23.7 Å². The third-order valence-corrected chi connectivity index (χ3v) is 6.17. The van der Waals surface area contributed by atoms with E-state index in [1.54, 1.807) is 20.3 Å². The van der Waals surface area contributed by atoms with Crippen LogP contribution in [0.3, 0.4) is 0 Å². The minimum atomic E-state index is -0.640. The number of carbonyl (C=O) groups is 2. The van der Waals surface area contributed by atoms with Crippen LogP contribution >= 0.6 is 0 Å². The van der Waals surface area contributed by atoms with Crippen molar-refractivity contribution in [3.05, 3.63) is 41.5 Å². The number of cyclic esters (lactones) is 1. The average Bonchev–Trinajstić information content (AvgIpc) is 3.16. The number of benzene rings is 2. The zero-order valence-corrected chi connectivity index (χ0v) is 18.7. The van der Waals surface area contributed by atoms with Crippen LogP contribution in [0.25, 0.3) is 11.1 Å². The Balaban J connectivity index is 1.69. The number of esters is 2. The second-order valence-electron chi connectivity index (χ2n) is 8.18. The largest absolute Gasteiger partial charge is 0.493 e. The van der Waals surface area contributed by atoms with Crippen LogP contribution in [0.4, 0.5) is 0 Å². The average molecular weight is 440 g/mol. The molecule has 2 aromatic carbocycles. The predicted octanol–water partition coefficient (Wildman–Crippen LogP) is 4.54. The minimum absolute atomic E-state index is 0.193. The zero-order chi connectivity index (χ0) is 22.7. The molecule has 0 amide bonds. The van der Waals surface area contributed by atoms with Crippen molar-refractivity contribution < 1.29 is 33.3 Å². The highest BCUT2D eigenvalue weighted by atomic mass is 16.6. The summed E-state index contributed by atoms with van der Waals surface area (Å²) in [4.78, 5) is 24.5. The molecule has 170 valence electrons. The number of carbonyl (C=O) groups excluding carboxylic acids is 2. The molecule has 7 nitrogen and oxygen atoms in total. The highest BCUT2D eigenvalue weighted by Crippen LogP contribution is 2.48. The number of fused-ring (bicyclic) bond motifs is 1. The number of methoxy groups -OCH3 is 2. The Morgan fingerprint density at radius 1 is 1.06 bits per heavy atom. The van der Waals surface area contributed by atoms with Crippen LogP contribution in [0.15, 0.2) is 30.3 Å². The maximum atomic E-state index is 12.7. The van der Waals surface area contributed by atoms with E-state index in [1.165, 1.54) is 0 Å². The molecule has 0 atom stereocenters. The molecule has 0 spiro atoms. The molecule has 0 aromatic heterocycles. The van der Waals surface area contributed by atoms with E-state index in [0.717, 1.165) is 42.4 Å². The molecule has 4 rings (SSSR count). The third-order valence-electron chi connectivity index (χ3n) is 6.17. The Bertz CT molecular complexity index is 1020. The molecule has 1 fully saturated rings. The summed E-state index contributed by atoms with van der Waals surface area (Å²) in [5.41, 5.74) is 2.39. The van der Waals surface area contributed by atoms with Gasteiger partial charge in [-0.05, 0) is 49.1 Å². The standard InChI is InChI=1S/C25H28O7/c1-4-12-30-24(27)25(10-5-11-25)15-32-21-18(8-9-20(28-2)22(21)29-3)16-6-7-19-17(13-16)14-31-23(19)26/h6-9,13H,4-5,10-12,14-15H2,1-3H3. The molecule has 1 heterocycles. The number of hydrogen-bond donors (Lipinski definition) is 0. The van der Waals surface area contributed by atoms with Gasteiger partial charge in [0.2, 0.25) is 5.75 Å². The summed E-state index contributed by atoms with van der Waals surface area (Å²) < 4.78 is 28.0. The first-order chi connectivity index (χ1) is 15.5. The van der Waals surface area contributed by atoms with Crippen LogP contribution in [0.2, 0.25) is 0 Å². The molecule has 0 bridgehead atoms. The van der Waals surface area contributed by atoms with Gasteiger partial charge in [0.25, 0.3) is 0 Å². The lowest BCUT2D eigenvalue weighted by Gasteiger charge is -2.39. The van der Waals surface area contributed by atoms with Gasteiger partial charge in [-0.3, -0.25) is 4.79 Å². The van der Waals surface area contributed by atoms with Crippen molar-refractivity contribution >= 4 is 11.9 Å². The van der Waals surface area contributed by atoms with Crippen molar-refractivity contribution in [2.75, 3.05) is 27.4 Å². The van der Waals surface area contributed by atoms with E-state index in [4.69, 9.17) is 23.7 Å². The van der Waals surface area contributed by atoms with Crippen molar-refractivity contribution in [1.29, 1.82) is 0 Å². The highest BCUT2D eigenvalue weighted by Gasteiger charge is 2.47. The predicted molar refractivity (Wildman–Crippen MR) is 117 cm³/mol. The monoisotopic (exact) mass is 440 g/mol. The lowest BCUT2D eigenvalue weighted by molar-refractivity contribution is -0.164. The van der Waals surface area contributed by atoms with Gasteiger partial charge in [-0.2, -0.15) is 0 Å². The molecular weight excluding hydrogens is 412 g/mol. The Labute approximate surface area is 187 Å². The summed E-state index contributed by atoms with van der Waals surface area (Å²) in [6.07, 6.45) is 3.21. The molecule has 0 N–H and O–H groups in total. The highest BCUT2D eigenvalue weighted by molar-refractivity contribution is 5.94. The van der Waals surface area contributed by atoms with E-state index in [9.17, 15) is 9.59 Å². The Kier molecular flexibility index (Phi) is 6.26. The molecule has 7 heteroatoms. The maximum Gasteiger partial charge on any atom is 0.338 e. The number of hydrogen-bond acceptors (Lipinski definition) is 7. The lowest BCUT2D eigenvalue weighted by atomic mass is 9.69. The van der Waals surface area contributed by atoms with Crippen LogP contribution in [0.1, 0.15) is 48.5 Å². The molecule has 0 radical (unpaired) electrons. The van der Waals surface area contributed by atoms with E-state index in [-0.39, 0.29) is 25.2 Å². The summed E-state index contributed by atoms with van der Waals surface area (Å²) >= 11 is 0. The topological polar surface area (TPSA) is 80.3 Å². The van der Waals surface area contributed by atoms with Gasteiger partial charge in [0.1, 0.15) is 18.6 Å². The van der Waals surface area contributed by atoms with Crippen molar-refractivity contribution in [2.45, 2.75) is 39.2 Å². The van der Waals surface area contributed by atoms with Crippen molar-refractivity contribution in [3.63, 3.8) is 0 Å². The number of rotatable bonds is 9. The SMILES string of the molecule is CCCOC(=O)C1(COc2c(-c3ccc4c(c3)COC4=O)ccc(OC)c2OC)CCC1. The Hall–Kier alpha value is -3.22. The maximum absolute atomic E-state index is 12.7. The van der Waals surface area contributed by atoms with Crippen molar-refractivity contribution in [2.24, 2.45) is 5.41 Å². The van der Waals surface area contributed by atoms with Crippen LogP contribution in [0, 0.1) is 5.41 Å². The first kappa shape index (κ1) is 22.0. The smallest absolute Gasteiger partial charge is 0.338 e. The van der Waals surface area contributed by atoms with Gasteiger partial charge in [-0.15, -0.1) is 0 Å². The summed E-state index contributed by atoms with van der Waals surface area (Å²) in [5, 5.41) is 0. The van der Waals surface area contributed by atoms with Crippen LogP contribution in [0.5, 0.6) is 17.2 Å². The van der Waals surface area contributed by atoms with Gasteiger partial charge in [0.05, 0.1) is 26.4 Å². The van der Waals surface area contributed by atoms with Crippen LogP contribution < -0.4 is 14.2 Å². The molecule has 32 heavy (non-hydrogen) atoms. The fourth-order valence-electron chi connectivity index (χ4n) is 4.14. The third kappa shape index (κ3) is 3.87. The number of ether oxygens (including phenoxy) is 5. The second-order valence-corrected chi connectivity index (χ2v) is 8.18. The minimum Gasteiger partial charge on any atom is -0.493 e. The first-order valence-corrected chi connectivity index (χ1v) is 10.9. The quantitative estimate of drug-likeness (QED) is 0.530. The van der Waals surface area contributed by atoms with E-state index < -0.39 is 5.41 Å². The summed E-state index contributed by atoms with van der Waals surface area (Å²) in [6, 6.07) is 9.23. The fraction of sp³-hybridized carbons (Fsp3) is 0.440. The lowest BCUT2D eigenvalue weighted by Crippen LogP contribution is -2.44. The molecule has 0 unspecified atom stereocenters. The van der Waals surface area contributed by atoms with Crippen LogP contribution in [-0.2, 0) is 20.9 Å². The molecule has 1 saturated carbocycles. The Morgan fingerprint density at radius 3 is 2.50 bits per heavy atom. The molecule has 1 aliphatic heterocycles. The summed E-state index contributed by atoms with van der Waals surface area (Å²) in [7, 11) is 3.12. The normalized spacial score (nSPS) is 15.9. The fourth-order valence-corrected chi connectivity index (χ4v) is 4.14. The van der Waals surface area contributed by atoms with Gasteiger partial charge in [-0.25, -0.2) is 4.79 Å². The molecule has 1 aliphatic carbocycles. The zero-order valence-electron chi connectivity index (χ0n) is 18.7. The van der Waals surface area contributed by atoms with E-state index >= 15 is 0 Å². The van der Waals surface area contributed by atoms with Gasteiger partial charge in [0, 0.05) is 11.1 Å². The molecule has 2 aliphatic rings. The second kappa shape index (κ2) is 9.10. The van der Waals surface area contributed by atoms with Gasteiger partial charge in [-0.1, -0.05) is 19.4 Å². The summed E-state index contributed by atoms with van der Waals surface area (Å²) in [6.45, 7) is 2.82. The van der Waals surface area contributed by atoms with Crippen LogP contribution in [-0.4, -0.2) is 39.4 Å². The molecule has 2 aromatic rings. The van der Waals surface area contributed by atoms with Gasteiger partial charge in [0.15, 0.2) is 11.5 Å². The summed E-state index contributed by atoms with van der Waals surface area (Å²) in [5.74, 6) is 0.957. The van der Waals surface area contributed by atoms with E-state index in [2.05, 4.69) is 0 Å². The molecule has 0 saturated heterocycles. The van der Waals surface area contributed by atoms with E-state index in [0.29, 0.717) is 29.4 Å². The van der Waals surface area contributed by atoms with Gasteiger partial charge >= 0.3 is 11.9 Å². The molecular formula is C25H28O7. The Morgan fingerprint density at radius 2 is 1.84 bits per heavy atom. The first-order valence-electron chi connectivity index (χ1n) is 10.9. The van der Waals surface area contributed by atoms with Crippen molar-refractivity contribution in [3.8, 4) is 28.4 Å². The van der Waals surface area contributed by atoms with E-state index in [1.807, 2.05) is 31.2 Å². The van der Waals surface area contributed by atoms with Crippen molar-refractivity contribution in [1.82, 2.24) is 0 Å².